The van der Waals surface area contributed by atoms with Gasteiger partial charge < -0.3 is 4.74 Å². The highest BCUT2D eigenvalue weighted by Crippen LogP contribution is 2.43. The van der Waals surface area contributed by atoms with Crippen LogP contribution in [-0.2, 0) is 4.79 Å². The van der Waals surface area contributed by atoms with Gasteiger partial charge in [0.05, 0.1) is 5.69 Å². The van der Waals surface area contributed by atoms with Gasteiger partial charge in [0.25, 0.3) is 0 Å². The van der Waals surface area contributed by atoms with Crippen LogP contribution in [0.25, 0.3) is 11.3 Å². The topological polar surface area (TPSA) is 68.2 Å². The second-order valence-corrected chi connectivity index (χ2v) is 8.20. The van der Waals surface area contributed by atoms with E-state index in [2.05, 4.69) is 31.1 Å². The summed E-state index contributed by atoms with van der Waals surface area (Å²) < 4.78 is 7.27. The fraction of sp³-hybridized carbons (Fsp3) is 0.238. The van der Waals surface area contributed by atoms with E-state index in [0.717, 1.165) is 27.7 Å². The summed E-state index contributed by atoms with van der Waals surface area (Å²) in [5.74, 6) is 0.351. The second-order valence-electron chi connectivity index (χ2n) is 6.51. The van der Waals surface area contributed by atoms with E-state index >= 15 is 0 Å². The number of carbonyl (C=O) groups is 1. The van der Waals surface area contributed by atoms with Crippen LogP contribution in [-0.4, -0.2) is 27.3 Å². The van der Waals surface area contributed by atoms with Gasteiger partial charge in [-0.25, -0.2) is 0 Å². The molecule has 0 bridgehead atoms. The molecule has 4 rings (SSSR count). The number of anilines is 1. The fourth-order valence-corrected chi connectivity index (χ4v) is 3.99. The largest absolute Gasteiger partial charge is 0.447 e. The lowest BCUT2D eigenvalue weighted by Crippen LogP contribution is -2.37. The van der Waals surface area contributed by atoms with E-state index in [1.807, 2.05) is 61.7 Å². The molecule has 29 heavy (non-hydrogen) atoms. The Kier molecular flexibility index (Phi) is 5.82. The molecule has 1 aliphatic rings. The number of fused-ring (bicyclic) bond motifs is 3. The first kappa shape index (κ1) is 19.8. The highest BCUT2D eigenvalue weighted by molar-refractivity contribution is 9.10. The zero-order valence-corrected chi connectivity index (χ0v) is 18.4. The van der Waals surface area contributed by atoms with Crippen LogP contribution in [0.4, 0.5) is 5.69 Å². The van der Waals surface area contributed by atoms with Gasteiger partial charge in [-0.1, -0.05) is 64.9 Å². The monoisotopic (exact) mass is 470 g/mol. The second kappa shape index (κ2) is 8.51. The smallest absolute Gasteiger partial charge is 0.247 e. The molecule has 0 saturated heterocycles. The Bertz CT molecular complexity index is 1060. The Balaban J connectivity index is 1.96. The molecule has 0 spiro atoms. The zero-order chi connectivity index (χ0) is 20.4. The van der Waals surface area contributed by atoms with Crippen LogP contribution in [0, 0.1) is 0 Å². The number of hydrogen-bond acceptors (Lipinski definition) is 6. The van der Waals surface area contributed by atoms with Gasteiger partial charge in [0.2, 0.25) is 23.2 Å². The molecule has 1 atom stereocenters. The number of para-hydroxylation sites is 1. The van der Waals surface area contributed by atoms with Gasteiger partial charge in [-0.15, -0.1) is 10.2 Å². The maximum absolute atomic E-state index is 13.2. The Labute approximate surface area is 181 Å². The number of rotatable bonds is 4. The van der Waals surface area contributed by atoms with Crippen molar-refractivity contribution < 1.29 is 9.53 Å². The lowest BCUT2D eigenvalue weighted by molar-refractivity contribution is -0.120. The van der Waals surface area contributed by atoms with Gasteiger partial charge in [0, 0.05) is 22.0 Å². The number of thioether (sulfide) groups is 1. The molecule has 0 saturated carbocycles. The van der Waals surface area contributed by atoms with Gasteiger partial charge in [-0.05, 0) is 30.9 Å². The number of benzene rings is 2. The molecule has 0 unspecified atom stereocenters. The quantitative estimate of drug-likeness (QED) is 0.485. The van der Waals surface area contributed by atoms with Gasteiger partial charge in [-0.2, -0.15) is 4.98 Å². The van der Waals surface area contributed by atoms with Crippen LogP contribution in [0.15, 0.2) is 58.2 Å². The molecule has 0 fully saturated rings. The molecule has 1 amide bonds. The third-order valence-electron chi connectivity index (χ3n) is 4.56. The Hall–Kier alpha value is -2.45. The lowest BCUT2D eigenvalue weighted by Gasteiger charge is -2.31. The van der Waals surface area contributed by atoms with Crippen molar-refractivity contribution in [2.24, 2.45) is 0 Å². The standard InChI is InChI=1S/C21H19BrN4O2S/c1-3-7-17(27)26-16-11-5-4-10-15(16)18-19(23-21(29-2)25-24-18)28-20(26)13-8-6-9-14(22)12-13/h4-6,8-12,20H,3,7H2,1-2H3/t20-/m0/s1. The van der Waals surface area contributed by atoms with Gasteiger partial charge >= 0.3 is 0 Å². The van der Waals surface area contributed by atoms with E-state index in [1.165, 1.54) is 11.8 Å². The summed E-state index contributed by atoms with van der Waals surface area (Å²) in [5.41, 5.74) is 2.89. The zero-order valence-electron chi connectivity index (χ0n) is 16.0. The summed E-state index contributed by atoms with van der Waals surface area (Å²) in [7, 11) is 0. The van der Waals surface area contributed by atoms with Gasteiger partial charge in [-0.3, -0.25) is 9.69 Å². The predicted octanol–water partition coefficient (Wildman–Crippen LogP) is 5.25. The summed E-state index contributed by atoms with van der Waals surface area (Å²) in [5, 5.41) is 9.07. The first-order valence-corrected chi connectivity index (χ1v) is 11.3. The van der Waals surface area contributed by atoms with E-state index in [-0.39, 0.29) is 5.91 Å². The van der Waals surface area contributed by atoms with E-state index in [1.54, 1.807) is 4.90 Å². The lowest BCUT2D eigenvalue weighted by atomic mass is 10.1. The summed E-state index contributed by atoms with van der Waals surface area (Å²) >= 11 is 4.91. The van der Waals surface area contributed by atoms with Crippen molar-refractivity contribution in [3.05, 3.63) is 58.6 Å². The van der Waals surface area contributed by atoms with Gasteiger partial charge in [0.1, 0.15) is 0 Å². The molecule has 1 aromatic heterocycles. The number of halogens is 1. The molecule has 2 heterocycles. The van der Waals surface area contributed by atoms with E-state index < -0.39 is 6.23 Å². The molecule has 6 nitrogen and oxygen atoms in total. The Morgan fingerprint density at radius 2 is 2.03 bits per heavy atom. The number of amides is 1. The molecule has 2 aromatic carbocycles. The van der Waals surface area contributed by atoms with Crippen LogP contribution >= 0.6 is 27.7 Å². The summed E-state index contributed by atoms with van der Waals surface area (Å²) in [6, 6.07) is 15.4. The van der Waals surface area contributed by atoms with Crippen LogP contribution < -0.4 is 9.64 Å². The molecule has 3 aromatic rings. The Morgan fingerprint density at radius 1 is 1.21 bits per heavy atom. The number of nitrogens with zero attached hydrogens (tertiary/aromatic N) is 4. The molecule has 0 N–H and O–H groups in total. The molecule has 0 radical (unpaired) electrons. The number of aromatic nitrogens is 3. The molecular formula is C21H19BrN4O2S. The minimum atomic E-state index is -0.666. The van der Waals surface area contributed by atoms with Crippen LogP contribution in [0.3, 0.4) is 0 Å². The van der Waals surface area contributed by atoms with E-state index in [9.17, 15) is 4.79 Å². The third kappa shape index (κ3) is 3.86. The van der Waals surface area contributed by atoms with Crippen LogP contribution in [0.1, 0.15) is 31.6 Å². The fourth-order valence-electron chi connectivity index (χ4n) is 3.28. The first-order valence-electron chi connectivity index (χ1n) is 9.24. The molecule has 1 aliphatic heterocycles. The summed E-state index contributed by atoms with van der Waals surface area (Å²) in [6.07, 6.45) is 2.37. The predicted molar refractivity (Wildman–Crippen MR) is 117 cm³/mol. The van der Waals surface area contributed by atoms with Crippen molar-refractivity contribution in [2.75, 3.05) is 11.2 Å². The highest BCUT2D eigenvalue weighted by Gasteiger charge is 2.35. The SMILES string of the molecule is CCCC(=O)N1c2ccccc2-c2nnc(SC)nc2O[C@H]1c1cccc(Br)c1. The van der Waals surface area contributed by atoms with E-state index in [0.29, 0.717) is 23.2 Å². The molecular weight excluding hydrogens is 452 g/mol. The van der Waals surface area contributed by atoms with Crippen molar-refractivity contribution in [2.45, 2.75) is 31.1 Å². The van der Waals surface area contributed by atoms with Crippen molar-refractivity contribution in [3.63, 3.8) is 0 Å². The summed E-state index contributed by atoms with van der Waals surface area (Å²) in [6.45, 7) is 1.99. The number of hydrogen-bond donors (Lipinski definition) is 0. The Morgan fingerprint density at radius 3 is 2.79 bits per heavy atom. The minimum absolute atomic E-state index is 0.0178. The van der Waals surface area contributed by atoms with E-state index in [4.69, 9.17) is 4.74 Å². The first-order chi connectivity index (χ1) is 14.1. The van der Waals surface area contributed by atoms with Crippen molar-refractivity contribution in [1.29, 1.82) is 0 Å². The van der Waals surface area contributed by atoms with Gasteiger partial charge in [0.15, 0.2) is 5.69 Å². The average Bonchev–Trinajstić information content (AvgIpc) is 2.88. The maximum atomic E-state index is 13.2. The van der Waals surface area contributed by atoms with Crippen molar-refractivity contribution in [3.8, 4) is 17.1 Å². The summed E-state index contributed by atoms with van der Waals surface area (Å²) in [4.78, 5) is 19.5. The average molecular weight is 471 g/mol. The third-order valence-corrected chi connectivity index (χ3v) is 5.59. The number of carbonyl (C=O) groups excluding carboxylic acids is 1. The number of ether oxygens (including phenoxy) is 1. The van der Waals surface area contributed by atoms with Crippen LogP contribution in [0.5, 0.6) is 5.88 Å². The minimum Gasteiger partial charge on any atom is -0.447 e. The van der Waals surface area contributed by atoms with Crippen molar-refractivity contribution >= 4 is 39.3 Å². The molecule has 8 heteroatoms. The highest BCUT2D eigenvalue weighted by atomic mass is 79.9. The van der Waals surface area contributed by atoms with Crippen molar-refractivity contribution in [1.82, 2.24) is 15.2 Å². The molecule has 0 aliphatic carbocycles. The van der Waals surface area contributed by atoms with Crippen LogP contribution in [0.2, 0.25) is 0 Å². The maximum Gasteiger partial charge on any atom is 0.247 e. The molecule has 148 valence electrons. The normalized spacial score (nSPS) is 15.1.